The average Bonchev–Trinajstić information content (AvgIpc) is 3.12. The summed E-state index contributed by atoms with van der Waals surface area (Å²) in [5.74, 6) is -2.00. The lowest BCUT2D eigenvalue weighted by atomic mass is 10.0. The summed E-state index contributed by atoms with van der Waals surface area (Å²) >= 11 is 0. The Bertz CT molecular complexity index is 1450. The highest BCUT2D eigenvalue weighted by atomic mass is 16.4. The number of aliphatic carboxylic acids is 1. The van der Waals surface area contributed by atoms with Crippen molar-refractivity contribution in [1.29, 1.82) is 0 Å². The van der Waals surface area contributed by atoms with Crippen LogP contribution in [0.2, 0.25) is 0 Å². The van der Waals surface area contributed by atoms with Crippen LogP contribution in [-0.4, -0.2) is 47.9 Å². The van der Waals surface area contributed by atoms with Gasteiger partial charge in [0.05, 0.1) is 18.5 Å². The Morgan fingerprint density at radius 2 is 1.58 bits per heavy atom. The monoisotopic (exact) mass is 527 g/mol. The van der Waals surface area contributed by atoms with E-state index in [-0.39, 0.29) is 43.8 Å². The zero-order valence-corrected chi connectivity index (χ0v) is 22.1. The third-order valence-corrected chi connectivity index (χ3v) is 6.50. The maximum atomic E-state index is 12.6. The number of hydrogen-bond acceptors (Lipinski definition) is 7. The van der Waals surface area contributed by atoms with E-state index in [1.54, 1.807) is 26.8 Å². The molecule has 0 fully saturated rings. The molecule has 11 nitrogen and oxygen atoms in total. The van der Waals surface area contributed by atoms with Gasteiger partial charge in [-0.15, -0.1) is 0 Å². The average molecular weight is 528 g/mol. The minimum absolute atomic E-state index is 0.0764. The quantitative estimate of drug-likeness (QED) is 0.217. The Morgan fingerprint density at radius 3 is 2.24 bits per heavy atom. The van der Waals surface area contributed by atoms with Crippen molar-refractivity contribution < 1.29 is 33.1 Å². The largest absolute Gasteiger partial charge is 0.481 e. The van der Waals surface area contributed by atoms with Crippen molar-refractivity contribution in [3.8, 4) is 0 Å². The number of aryl methyl sites for hydroxylation is 3. The molecule has 1 unspecified atom stereocenters. The summed E-state index contributed by atoms with van der Waals surface area (Å²) in [4.78, 5) is 60.7. The minimum atomic E-state index is -0.958. The third-order valence-electron chi connectivity index (χ3n) is 6.50. The van der Waals surface area contributed by atoms with Crippen molar-refractivity contribution in [2.75, 3.05) is 13.1 Å². The first kappa shape index (κ1) is 28.4. The molecule has 0 bridgehead atoms. The number of hydrogen-bond donors (Lipinski definition) is 4. The van der Waals surface area contributed by atoms with E-state index in [4.69, 9.17) is 13.9 Å². The topological polar surface area (TPSA) is 168 Å². The zero-order valence-electron chi connectivity index (χ0n) is 22.1. The van der Waals surface area contributed by atoms with Gasteiger partial charge in [-0.3, -0.25) is 19.2 Å². The number of rotatable bonds is 11. The number of benzene rings is 1. The second-order valence-electron chi connectivity index (χ2n) is 9.65. The Hall–Kier alpha value is -4.15. The fourth-order valence-electron chi connectivity index (χ4n) is 4.15. The van der Waals surface area contributed by atoms with Crippen LogP contribution in [0.4, 0.5) is 0 Å². The van der Waals surface area contributed by atoms with Crippen LogP contribution in [0, 0.1) is 26.7 Å². The Morgan fingerprint density at radius 1 is 0.921 bits per heavy atom. The molecule has 0 aliphatic heterocycles. The van der Waals surface area contributed by atoms with Crippen LogP contribution in [0.5, 0.6) is 0 Å². The van der Waals surface area contributed by atoms with Gasteiger partial charge in [0.15, 0.2) is 0 Å². The smallest absolute Gasteiger partial charge is 0.340 e. The molecule has 3 rings (SSSR count). The molecule has 2 aromatic heterocycles. The van der Waals surface area contributed by atoms with Crippen LogP contribution in [0.15, 0.2) is 25.8 Å². The van der Waals surface area contributed by atoms with Gasteiger partial charge in [0.1, 0.15) is 23.0 Å². The molecule has 204 valence electrons. The Labute approximate surface area is 218 Å². The van der Waals surface area contributed by atoms with Gasteiger partial charge >= 0.3 is 11.6 Å². The fraction of sp³-hybridized carbons (Fsp3) is 0.444. The van der Waals surface area contributed by atoms with Gasteiger partial charge < -0.3 is 29.9 Å². The van der Waals surface area contributed by atoms with Crippen molar-refractivity contribution in [2.45, 2.75) is 59.9 Å². The van der Waals surface area contributed by atoms with Gasteiger partial charge in [-0.1, -0.05) is 13.8 Å². The van der Waals surface area contributed by atoms with Crippen molar-refractivity contribution in [2.24, 2.45) is 5.92 Å². The second kappa shape index (κ2) is 11.9. The summed E-state index contributed by atoms with van der Waals surface area (Å²) in [6, 6.07) is 2.69. The number of carbonyl (C=O) groups is 4. The van der Waals surface area contributed by atoms with Crippen molar-refractivity contribution in [3.63, 3.8) is 0 Å². The van der Waals surface area contributed by atoms with E-state index in [0.29, 0.717) is 22.1 Å². The summed E-state index contributed by atoms with van der Waals surface area (Å²) in [6.07, 6.45) is -0.0895. The number of nitrogens with one attached hydrogen (secondary N) is 3. The highest BCUT2D eigenvalue weighted by Gasteiger charge is 2.24. The van der Waals surface area contributed by atoms with Crippen LogP contribution >= 0.6 is 0 Å². The molecule has 3 amide bonds. The van der Waals surface area contributed by atoms with E-state index in [1.165, 1.54) is 0 Å². The molecule has 2 heterocycles. The molecule has 0 aliphatic rings. The molecular formula is C27H33N3O8. The molecule has 3 aromatic rings. The fourth-order valence-corrected chi connectivity index (χ4v) is 4.15. The van der Waals surface area contributed by atoms with E-state index in [9.17, 15) is 24.0 Å². The van der Waals surface area contributed by atoms with Crippen molar-refractivity contribution in [1.82, 2.24) is 16.0 Å². The minimum Gasteiger partial charge on any atom is -0.481 e. The van der Waals surface area contributed by atoms with Gasteiger partial charge in [-0.25, -0.2) is 4.79 Å². The number of carboxylic acid groups (broad SMARTS) is 1. The van der Waals surface area contributed by atoms with Gasteiger partial charge in [-0.2, -0.15) is 0 Å². The molecule has 0 radical (unpaired) electrons. The Kier molecular flexibility index (Phi) is 8.92. The maximum absolute atomic E-state index is 12.6. The lowest BCUT2D eigenvalue weighted by Gasteiger charge is -2.21. The molecule has 11 heteroatoms. The predicted molar refractivity (Wildman–Crippen MR) is 140 cm³/mol. The summed E-state index contributed by atoms with van der Waals surface area (Å²) in [7, 11) is 0. The number of carboxylic acids is 1. The summed E-state index contributed by atoms with van der Waals surface area (Å²) in [6.45, 7) is 8.82. The van der Waals surface area contributed by atoms with Crippen LogP contribution in [0.1, 0.15) is 49.1 Å². The lowest BCUT2D eigenvalue weighted by molar-refractivity contribution is -0.137. The number of furan rings is 1. The molecule has 1 atom stereocenters. The van der Waals surface area contributed by atoms with Gasteiger partial charge in [0, 0.05) is 29.8 Å². The normalized spacial score (nSPS) is 12.1. The molecular weight excluding hydrogens is 494 g/mol. The maximum Gasteiger partial charge on any atom is 0.340 e. The van der Waals surface area contributed by atoms with Gasteiger partial charge in [-0.05, 0) is 50.3 Å². The molecule has 0 aliphatic carbocycles. The van der Waals surface area contributed by atoms with E-state index in [1.807, 2.05) is 19.9 Å². The first-order chi connectivity index (χ1) is 17.9. The second-order valence-corrected chi connectivity index (χ2v) is 9.65. The van der Waals surface area contributed by atoms with Crippen LogP contribution < -0.4 is 21.6 Å². The first-order valence-corrected chi connectivity index (χ1v) is 12.4. The number of fused-ring (bicyclic) bond motifs is 2. The molecule has 0 saturated heterocycles. The van der Waals surface area contributed by atoms with Crippen LogP contribution in [-0.2, 0) is 25.6 Å². The first-order valence-electron chi connectivity index (χ1n) is 12.4. The number of carbonyl (C=O) groups excluding carboxylic acids is 3. The van der Waals surface area contributed by atoms with Crippen molar-refractivity contribution in [3.05, 3.63) is 45.0 Å². The van der Waals surface area contributed by atoms with Gasteiger partial charge in [0.2, 0.25) is 17.7 Å². The Balaban J connectivity index is 1.63. The van der Waals surface area contributed by atoms with Crippen molar-refractivity contribution >= 4 is 45.6 Å². The molecule has 0 spiro atoms. The highest BCUT2D eigenvalue weighted by molar-refractivity contribution is 5.97. The summed E-state index contributed by atoms with van der Waals surface area (Å²) < 4.78 is 11.2. The standard InChI is InChI=1S/C27H33N3O8/c1-13(2)25(26(35)28-8-6-7-24(33)34)30-23(32)12-29-22(31)10-19-15(4)18-9-17-14(3)16(5)37-20(17)11-21(18)38-27(19)36/h9,11,13,25H,6-8,10,12H2,1-5H3,(H,28,35)(H,29,31)(H,30,32)(H,33,34). The predicted octanol–water partition coefficient (Wildman–Crippen LogP) is 2.24. The van der Waals surface area contributed by atoms with E-state index in [0.717, 1.165) is 16.7 Å². The van der Waals surface area contributed by atoms with Gasteiger partial charge in [0.25, 0.3) is 0 Å². The zero-order chi connectivity index (χ0) is 28.1. The summed E-state index contributed by atoms with van der Waals surface area (Å²) in [5.41, 5.74) is 2.10. The molecule has 0 saturated carbocycles. The molecule has 4 N–H and O–H groups in total. The van der Waals surface area contributed by atoms with Crippen LogP contribution in [0.3, 0.4) is 0 Å². The molecule has 38 heavy (non-hydrogen) atoms. The molecule has 1 aromatic carbocycles. The third kappa shape index (κ3) is 6.58. The SMILES string of the molecule is Cc1oc2cc3oc(=O)c(CC(=O)NCC(=O)NC(C(=O)NCCCC(=O)O)C(C)C)c(C)c3cc2c1C. The summed E-state index contributed by atoms with van der Waals surface area (Å²) in [5, 5.41) is 17.9. The number of amides is 3. The van der Waals surface area contributed by atoms with E-state index >= 15 is 0 Å². The van der Waals surface area contributed by atoms with E-state index in [2.05, 4.69) is 16.0 Å². The lowest BCUT2D eigenvalue weighted by Crippen LogP contribution is -2.52. The van der Waals surface area contributed by atoms with Crippen LogP contribution in [0.25, 0.3) is 21.9 Å². The highest BCUT2D eigenvalue weighted by Crippen LogP contribution is 2.30. The van der Waals surface area contributed by atoms with E-state index < -0.39 is 35.4 Å².